The number of benzene rings is 2. The molecule has 0 fully saturated rings. The standard InChI is InChI=1S/C14H18N2O2S.ClH/c1-16(2)10-9-15-19(17,18)14-8-7-12-5-3-4-6-13(12)11-14;/h3-8,11,15H,9-10H2,1-2H3;1H. The van der Waals surface area contributed by atoms with E-state index in [1.54, 1.807) is 12.1 Å². The van der Waals surface area contributed by atoms with E-state index in [-0.39, 0.29) is 12.4 Å². The average Bonchev–Trinajstić information content (AvgIpc) is 2.37. The van der Waals surface area contributed by atoms with Crippen LogP contribution in [0.3, 0.4) is 0 Å². The first kappa shape index (κ1) is 16.9. The highest BCUT2D eigenvalue weighted by Crippen LogP contribution is 2.18. The lowest BCUT2D eigenvalue weighted by Crippen LogP contribution is -2.31. The van der Waals surface area contributed by atoms with Crippen molar-refractivity contribution in [3.8, 4) is 0 Å². The van der Waals surface area contributed by atoms with Gasteiger partial charge in [0.1, 0.15) is 0 Å². The predicted molar refractivity (Wildman–Crippen MR) is 84.9 cm³/mol. The third-order valence-corrected chi connectivity index (χ3v) is 4.34. The van der Waals surface area contributed by atoms with E-state index < -0.39 is 10.0 Å². The SMILES string of the molecule is CN(C)CCNS(=O)(=O)c1ccc2ccccc2c1.Cl. The fourth-order valence-corrected chi connectivity index (χ4v) is 2.88. The minimum atomic E-state index is -3.42. The van der Waals surface area contributed by atoms with Crippen LogP contribution >= 0.6 is 12.4 Å². The van der Waals surface area contributed by atoms with Gasteiger partial charge in [-0.2, -0.15) is 0 Å². The lowest BCUT2D eigenvalue weighted by Gasteiger charge is -2.11. The molecule has 1 N–H and O–H groups in total. The molecular formula is C14H19ClN2O2S. The van der Waals surface area contributed by atoms with Gasteiger partial charge in [-0.25, -0.2) is 13.1 Å². The van der Waals surface area contributed by atoms with Crippen molar-refractivity contribution < 1.29 is 8.42 Å². The van der Waals surface area contributed by atoms with Gasteiger partial charge >= 0.3 is 0 Å². The maximum Gasteiger partial charge on any atom is 0.240 e. The summed E-state index contributed by atoms with van der Waals surface area (Å²) < 4.78 is 26.9. The predicted octanol–water partition coefficient (Wildman–Crippen LogP) is 2.10. The van der Waals surface area contributed by atoms with E-state index in [9.17, 15) is 8.42 Å². The minimum Gasteiger partial charge on any atom is -0.308 e. The van der Waals surface area contributed by atoms with Gasteiger partial charge in [0.15, 0.2) is 0 Å². The Hall–Kier alpha value is -1.14. The summed E-state index contributed by atoms with van der Waals surface area (Å²) in [6, 6.07) is 12.9. The third kappa shape index (κ3) is 4.18. The van der Waals surface area contributed by atoms with E-state index in [0.29, 0.717) is 18.0 Å². The summed E-state index contributed by atoms with van der Waals surface area (Å²) in [6.45, 7) is 1.08. The first-order chi connectivity index (χ1) is 8.99. The van der Waals surface area contributed by atoms with E-state index in [1.807, 2.05) is 49.3 Å². The lowest BCUT2D eigenvalue weighted by atomic mass is 10.1. The Morgan fingerprint density at radius 1 is 1.05 bits per heavy atom. The highest BCUT2D eigenvalue weighted by molar-refractivity contribution is 7.89. The van der Waals surface area contributed by atoms with Gasteiger partial charge in [-0.15, -0.1) is 12.4 Å². The van der Waals surface area contributed by atoms with Gasteiger partial charge in [0.2, 0.25) is 10.0 Å². The van der Waals surface area contributed by atoms with Crippen LogP contribution in [0.5, 0.6) is 0 Å². The van der Waals surface area contributed by atoms with Crippen LogP contribution in [0, 0.1) is 0 Å². The maximum absolute atomic E-state index is 12.1. The largest absolute Gasteiger partial charge is 0.308 e. The molecule has 0 saturated carbocycles. The van der Waals surface area contributed by atoms with E-state index in [0.717, 1.165) is 10.8 Å². The first-order valence-electron chi connectivity index (χ1n) is 6.12. The number of hydrogen-bond donors (Lipinski definition) is 1. The van der Waals surface area contributed by atoms with Crippen molar-refractivity contribution in [2.45, 2.75) is 4.90 Å². The fraction of sp³-hybridized carbons (Fsp3) is 0.286. The number of rotatable bonds is 5. The normalized spacial score (nSPS) is 11.6. The summed E-state index contributed by atoms with van der Waals surface area (Å²) in [5, 5.41) is 1.97. The summed E-state index contributed by atoms with van der Waals surface area (Å²) in [5.41, 5.74) is 0. The monoisotopic (exact) mass is 314 g/mol. The minimum absolute atomic E-state index is 0. The number of sulfonamides is 1. The van der Waals surface area contributed by atoms with Crippen LogP contribution in [0.4, 0.5) is 0 Å². The third-order valence-electron chi connectivity index (χ3n) is 2.88. The first-order valence-corrected chi connectivity index (χ1v) is 7.60. The molecule has 0 spiro atoms. The number of halogens is 1. The zero-order valence-corrected chi connectivity index (χ0v) is 13.2. The summed E-state index contributed by atoms with van der Waals surface area (Å²) in [4.78, 5) is 2.24. The molecule has 2 aromatic carbocycles. The van der Waals surface area contributed by atoms with Crippen molar-refractivity contribution >= 4 is 33.2 Å². The highest BCUT2D eigenvalue weighted by Gasteiger charge is 2.13. The quantitative estimate of drug-likeness (QED) is 0.919. The number of nitrogens with one attached hydrogen (secondary N) is 1. The summed E-state index contributed by atoms with van der Waals surface area (Å²) >= 11 is 0. The summed E-state index contributed by atoms with van der Waals surface area (Å²) in [7, 11) is 0.390. The van der Waals surface area contributed by atoms with Crippen molar-refractivity contribution in [1.82, 2.24) is 9.62 Å². The molecule has 0 saturated heterocycles. The molecule has 2 aromatic rings. The van der Waals surface area contributed by atoms with Crippen LogP contribution in [0.2, 0.25) is 0 Å². The fourth-order valence-electron chi connectivity index (χ4n) is 1.82. The molecule has 0 atom stereocenters. The van der Waals surface area contributed by atoms with Gasteiger partial charge in [0.05, 0.1) is 4.90 Å². The van der Waals surface area contributed by atoms with E-state index in [1.165, 1.54) is 0 Å². The summed E-state index contributed by atoms with van der Waals surface area (Å²) in [5.74, 6) is 0. The lowest BCUT2D eigenvalue weighted by molar-refractivity contribution is 0.412. The van der Waals surface area contributed by atoms with Crippen LogP contribution in [0.15, 0.2) is 47.4 Å². The molecule has 0 aliphatic heterocycles. The van der Waals surface area contributed by atoms with Crippen LogP contribution in [0.1, 0.15) is 0 Å². The molecule has 0 bridgehead atoms. The molecule has 6 heteroatoms. The van der Waals surface area contributed by atoms with Gasteiger partial charge in [0, 0.05) is 13.1 Å². The van der Waals surface area contributed by atoms with E-state index >= 15 is 0 Å². The Morgan fingerprint density at radius 2 is 1.70 bits per heavy atom. The Kier molecular flexibility index (Phi) is 5.95. The molecule has 4 nitrogen and oxygen atoms in total. The molecule has 2 rings (SSSR count). The Bertz CT molecular complexity index is 672. The van der Waals surface area contributed by atoms with Gasteiger partial charge in [-0.1, -0.05) is 30.3 Å². The Labute approximate surface area is 126 Å². The topological polar surface area (TPSA) is 49.4 Å². The molecule has 20 heavy (non-hydrogen) atoms. The molecule has 0 heterocycles. The number of fused-ring (bicyclic) bond motifs is 1. The second-order valence-corrected chi connectivity index (χ2v) is 6.48. The molecule has 0 unspecified atom stereocenters. The van der Waals surface area contributed by atoms with Gasteiger partial charge in [-0.3, -0.25) is 0 Å². The molecule has 0 radical (unpaired) electrons. The zero-order valence-electron chi connectivity index (χ0n) is 11.5. The molecule has 0 aliphatic carbocycles. The van der Waals surface area contributed by atoms with Crippen molar-refractivity contribution in [2.24, 2.45) is 0 Å². The molecule has 0 amide bonds. The van der Waals surface area contributed by atoms with Crippen LogP contribution < -0.4 is 4.72 Å². The summed E-state index contributed by atoms with van der Waals surface area (Å²) in [6.07, 6.45) is 0. The van der Waals surface area contributed by atoms with Gasteiger partial charge < -0.3 is 4.90 Å². The van der Waals surface area contributed by atoms with Crippen molar-refractivity contribution in [2.75, 3.05) is 27.2 Å². The average molecular weight is 315 g/mol. The van der Waals surface area contributed by atoms with Crippen LogP contribution in [0.25, 0.3) is 10.8 Å². The second kappa shape index (κ2) is 7.04. The van der Waals surface area contributed by atoms with Gasteiger partial charge in [0.25, 0.3) is 0 Å². The number of likely N-dealkylation sites (N-methyl/N-ethyl adjacent to an activating group) is 1. The Morgan fingerprint density at radius 3 is 2.35 bits per heavy atom. The van der Waals surface area contributed by atoms with E-state index in [4.69, 9.17) is 0 Å². The zero-order chi connectivity index (χ0) is 13.9. The van der Waals surface area contributed by atoms with Crippen molar-refractivity contribution in [3.05, 3.63) is 42.5 Å². The number of hydrogen-bond acceptors (Lipinski definition) is 3. The van der Waals surface area contributed by atoms with Crippen molar-refractivity contribution in [3.63, 3.8) is 0 Å². The highest BCUT2D eigenvalue weighted by atomic mass is 35.5. The van der Waals surface area contributed by atoms with Crippen LogP contribution in [-0.2, 0) is 10.0 Å². The van der Waals surface area contributed by atoms with Gasteiger partial charge in [-0.05, 0) is 37.0 Å². The molecular weight excluding hydrogens is 296 g/mol. The smallest absolute Gasteiger partial charge is 0.240 e. The van der Waals surface area contributed by atoms with Crippen molar-refractivity contribution in [1.29, 1.82) is 0 Å². The molecule has 0 aromatic heterocycles. The number of nitrogens with zero attached hydrogens (tertiary/aromatic N) is 1. The van der Waals surface area contributed by atoms with Crippen LogP contribution in [-0.4, -0.2) is 40.5 Å². The van der Waals surface area contributed by atoms with E-state index in [2.05, 4.69) is 4.72 Å². The maximum atomic E-state index is 12.1. The molecule has 110 valence electrons. The Balaban J connectivity index is 0.00000200. The second-order valence-electron chi connectivity index (χ2n) is 4.71. The molecule has 0 aliphatic rings.